The van der Waals surface area contributed by atoms with Gasteiger partial charge in [0.05, 0.1) is 18.2 Å². The van der Waals surface area contributed by atoms with Gasteiger partial charge in [-0.15, -0.1) is 0 Å². The van der Waals surface area contributed by atoms with Crippen molar-refractivity contribution < 1.29 is 19.1 Å². The van der Waals surface area contributed by atoms with Crippen LogP contribution in [0.1, 0.15) is 48.0 Å². The normalized spacial score (nSPS) is 12.9. The molecule has 0 aliphatic heterocycles. The molecule has 0 N–H and O–H groups in total. The first-order chi connectivity index (χ1) is 13.9. The molecule has 5 nitrogen and oxygen atoms in total. The summed E-state index contributed by atoms with van der Waals surface area (Å²) in [6.45, 7) is 3.86. The van der Waals surface area contributed by atoms with Gasteiger partial charge in [0.1, 0.15) is 0 Å². The smallest absolute Gasteiger partial charge is 0.337 e. The predicted molar refractivity (Wildman–Crippen MR) is 110 cm³/mol. The number of ketones is 2. The number of carbonyl (C=O) groups is 3. The number of methoxy groups -OCH3 is 1. The van der Waals surface area contributed by atoms with Crippen molar-refractivity contribution >= 4 is 23.6 Å². The summed E-state index contributed by atoms with van der Waals surface area (Å²) in [5, 5.41) is 0. The third-order valence-corrected chi connectivity index (χ3v) is 5.20. The Bertz CT molecular complexity index is 1180. The number of carbonyl (C=O) groups excluding carboxylic acids is 3. The van der Waals surface area contributed by atoms with Gasteiger partial charge >= 0.3 is 5.97 Å². The lowest BCUT2D eigenvalue weighted by Gasteiger charge is -2.11. The SMILES string of the molecule is COC(=O)c1cccc(-n2c(C)cc(C=C3C(=O)c4ccccc4C3=O)c2C)c1. The summed E-state index contributed by atoms with van der Waals surface area (Å²) in [5.41, 5.74) is 4.91. The Kier molecular flexibility index (Phi) is 4.51. The Morgan fingerprint density at radius 3 is 2.21 bits per heavy atom. The Hall–Kier alpha value is -3.73. The molecule has 1 heterocycles. The molecule has 0 spiro atoms. The Morgan fingerprint density at radius 2 is 1.59 bits per heavy atom. The summed E-state index contributed by atoms with van der Waals surface area (Å²) in [6, 6.07) is 15.9. The number of hydrogen-bond donors (Lipinski definition) is 0. The second-order valence-electron chi connectivity index (χ2n) is 6.97. The molecule has 0 amide bonds. The largest absolute Gasteiger partial charge is 0.465 e. The van der Waals surface area contributed by atoms with E-state index in [1.54, 1.807) is 48.5 Å². The molecule has 29 heavy (non-hydrogen) atoms. The Morgan fingerprint density at radius 1 is 0.931 bits per heavy atom. The zero-order valence-corrected chi connectivity index (χ0v) is 16.4. The summed E-state index contributed by atoms with van der Waals surface area (Å²) >= 11 is 0. The predicted octanol–water partition coefficient (Wildman–Crippen LogP) is 4.34. The third-order valence-electron chi connectivity index (χ3n) is 5.20. The lowest BCUT2D eigenvalue weighted by atomic mass is 10.1. The lowest BCUT2D eigenvalue weighted by Crippen LogP contribution is -2.05. The summed E-state index contributed by atoms with van der Waals surface area (Å²) in [4.78, 5) is 37.2. The van der Waals surface area contributed by atoms with Gasteiger partial charge in [0, 0.05) is 28.2 Å². The molecule has 0 saturated heterocycles. The lowest BCUT2D eigenvalue weighted by molar-refractivity contribution is 0.0600. The standard InChI is InChI=1S/C24H19NO4/c1-14-11-17(13-21-22(26)19-9-4-5-10-20(19)23(21)27)15(2)25(14)18-8-6-7-16(12-18)24(28)29-3/h4-13H,1-3H3. The topological polar surface area (TPSA) is 65.4 Å². The number of rotatable bonds is 3. The van der Waals surface area contributed by atoms with E-state index in [2.05, 4.69) is 0 Å². The van der Waals surface area contributed by atoms with Crippen molar-refractivity contribution in [1.29, 1.82) is 0 Å². The fourth-order valence-corrected chi connectivity index (χ4v) is 3.78. The van der Waals surface area contributed by atoms with Gasteiger partial charge in [-0.05, 0) is 49.8 Å². The van der Waals surface area contributed by atoms with Crippen LogP contribution in [-0.2, 0) is 4.74 Å². The van der Waals surface area contributed by atoms with Crippen LogP contribution in [0.3, 0.4) is 0 Å². The van der Waals surface area contributed by atoms with Gasteiger partial charge in [0.15, 0.2) is 11.6 Å². The highest BCUT2D eigenvalue weighted by atomic mass is 16.5. The second kappa shape index (κ2) is 7.02. The third kappa shape index (κ3) is 3.01. The quantitative estimate of drug-likeness (QED) is 0.382. The van der Waals surface area contributed by atoms with Gasteiger partial charge in [0.2, 0.25) is 0 Å². The summed E-state index contributed by atoms with van der Waals surface area (Å²) in [6.07, 6.45) is 1.66. The summed E-state index contributed by atoms with van der Waals surface area (Å²) < 4.78 is 6.79. The summed E-state index contributed by atoms with van der Waals surface area (Å²) in [5.74, 6) is -0.900. The van der Waals surface area contributed by atoms with E-state index in [1.807, 2.05) is 30.5 Å². The van der Waals surface area contributed by atoms with Crippen LogP contribution in [0.2, 0.25) is 0 Å². The van der Waals surface area contributed by atoms with Gasteiger partial charge in [-0.1, -0.05) is 30.3 Å². The highest BCUT2D eigenvalue weighted by molar-refractivity contribution is 6.41. The fourth-order valence-electron chi connectivity index (χ4n) is 3.78. The molecule has 5 heteroatoms. The van der Waals surface area contributed by atoms with Crippen molar-refractivity contribution in [2.24, 2.45) is 0 Å². The average molecular weight is 385 g/mol. The highest BCUT2D eigenvalue weighted by Gasteiger charge is 2.32. The summed E-state index contributed by atoms with van der Waals surface area (Å²) in [7, 11) is 1.35. The van der Waals surface area contributed by atoms with Crippen LogP contribution < -0.4 is 0 Å². The van der Waals surface area contributed by atoms with Crippen LogP contribution in [0.4, 0.5) is 0 Å². The molecule has 1 aliphatic rings. The van der Waals surface area contributed by atoms with Gasteiger partial charge in [-0.3, -0.25) is 9.59 Å². The average Bonchev–Trinajstić information content (AvgIpc) is 3.15. The van der Waals surface area contributed by atoms with E-state index in [9.17, 15) is 14.4 Å². The van der Waals surface area contributed by atoms with Crippen LogP contribution in [0, 0.1) is 13.8 Å². The number of hydrogen-bond acceptors (Lipinski definition) is 4. The Balaban J connectivity index is 1.78. The molecular weight excluding hydrogens is 366 g/mol. The maximum absolute atomic E-state index is 12.7. The number of fused-ring (bicyclic) bond motifs is 1. The molecule has 0 atom stereocenters. The monoisotopic (exact) mass is 385 g/mol. The van der Waals surface area contributed by atoms with E-state index in [0.717, 1.165) is 22.6 Å². The van der Waals surface area contributed by atoms with Crippen LogP contribution in [0.5, 0.6) is 0 Å². The van der Waals surface area contributed by atoms with E-state index in [0.29, 0.717) is 16.7 Å². The van der Waals surface area contributed by atoms with E-state index in [1.165, 1.54) is 7.11 Å². The molecule has 144 valence electrons. The minimum Gasteiger partial charge on any atom is -0.465 e. The molecule has 1 aliphatic carbocycles. The van der Waals surface area contributed by atoms with E-state index < -0.39 is 5.97 Å². The maximum Gasteiger partial charge on any atom is 0.337 e. The zero-order chi connectivity index (χ0) is 20.7. The molecular formula is C24H19NO4. The maximum atomic E-state index is 12.7. The molecule has 0 saturated carbocycles. The molecule has 2 aromatic carbocycles. The molecule has 4 rings (SSSR count). The first-order valence-electron chi connectivity index (χ1n) is 9.20. The number of ether oxygens (including phenoxy) is 1. The molecule has 0 fully saturated rings. The molecule has 0 unspecified atom stereocenters. The molecule has 3 aromatic rings. The zero-order valence-electron chi connectivity index (χ0n) is 16.4. The van der Waals surface area contributed by atoms with Crippen LogP contribution in [0.15, 0.2) is 60.2 Å². The van der Waals surface area contributed by atoms with Crippen molar-refractivity contribution in [1.82, 2.24) is 4.57 Å². The van der Waals surface area contributed by atoms with Crippen LogP contribution >= 0.6 is 0 Å². The minimum absolute atomic E-state index is 0.176. The number of aromatic nitrogens is 1. The van der Waals surface area contributed by atoms with Crippen molar-refractivity contribution in [3.63, 3.8) is 0 Å². The number of Topliss-reactive ketones (excluding diaryl/α,β-unsaturated/α-hetero) is 2. The van der Waals surface area contributed by atoms with Crippen molar-refractivity contribution in [2.75, 3.05) is 7.11 Å². The van der Waals surface area contributed by atoms with E-state index in [-0.39, 0.29) is 17.1 Å². The van der Waals surface area contributed by atoms with E-state index >= 15 is 0 Å². The minimum atomic E-state index is -0.406. The number of esters is 1. The fraction of sp³-hybridized carbons (Fsp3) is 0.125. The van der Waals surface area contributed by atoms with Crippen LogP contribution in [-0.4, -0.2) is 29.2 Å². The van der Waals surface area contributed by atoms with Crippen molar-refractivity contribution in [3.8, 4) is 5.69 Å². The second-order valence-corrected chi connectivity index (χ2v) is 6.97. The first kappa shape index (κ1) is 18.6. The number of benzene rings is 2. The molecule has 0 radical (unpaired) electrons. The van der Waals surface area contributed by atoms with Gasteiger partial charge in [0.25, 0.3) is 0 Å². The van der Waals surface area contributed by atoms with E-state index in [4.69, 9.17) is 4.74 Å². The molecule has 0 bridgehead atoms. The first-order valence-corrected chi connectivity index (χ1v) is 9.20. The van der Waals surface area contributed by atoms with Gasteiger partial charge in [-0.2, -0.15) is 0 Å². The number of nitrogens with zero attached hydrogens (tertiary/aromatic N) is 1. The highest BCUT2D eigenvalue weighted by Crippen LogP contribution is 2.30. The van der Waals surface area contributed by atoms with Gasteiger partial charge < -0.3 is 9.30 Å². The number of allylic oxidation sites excluding steroid dienone is 1. The van der Waals surface area contributed by atoms with Crippen molar-refractivity contribution in [3.05, 3.63) is 93.8 Å². The Labute approximate surface area is 168 Å². The molecule has 1 aromatic heterocycles. The van der Waals surface area contributed by atoms with Crippen molar-refractivity contribution in [2.45, 2.75) is 13.8 Å². The number of aryl methyl sites for hydroxylation is 1. The van der Waals surface area contributed by atoms with Gasteiger partial charge in [-0.25, -0.2) is 4.79 Å². The van der Waals surface area contributed by atoms with Crippen LogP contribution in [0.25, 0.3) is 11.8 Å².